The third-order valence-electron chi connectivity index (χ3n) is 4.50. The first-order valence-electron chi connectivity index (χ1n) is 7.24. The summed E-state index contributed by atoms with van der Waals surface area (Å²) in [4.78, 5) is 11.9. The summed E-state index contributed by atoms with van der Waals surface area (Å²) in [5.74, 6) is -0.144. The SMILES string of the molecule is CCC(C)C(=O)OC1CC(C)(C)C(NO)C(C)(C)C1. The van der Waals surface area contributed by atoms with Crippen LogP contribution in [0.5, 0.6) is 0 Å². The van der Waals surface area contributed by atoms with E-state index in [-0.39, 0.29) is 34.9 Å². The first-order valence-corrected chi connectivity index (χ1v) is 7.24. The van der Waals surface area contributed by atoms with Gasteiger partial charge in [0.05, 0.1) is 5.92 Å². The highest BCUT2D eigenvalue weighted by atomic mass is 16.5. The van der Waals surface area contributed by atoms with E-state index in [4.69, 9.17) is 4.74 Å². The van der Waals surface area contributed by atoms with Gasteiger partial charge in [0.25, 0.3) is 0 Å². The molecule has 1 rings (SSSR count). The molecule has 19 heavy (non-hydrogen) atoms. The number of hydroxylamine groups is 1. The Labute approximate surface area is 116 Å². The van der Waals surface area contributed by atoms with Gasteiger partial charge in [0.2, 0.25) is 0 Å². The van der Waals surface area contributed by atoms with Gasteiger partial charge in [-0.3, -0.25) is 4.79 Å². The van der Waals surface area contributed by atoms with Gasteiger partial charge in [-0.2, -0.15) is 0 Å². The van der Waals surface area contributed by atoms with Crippen LogP contribution >= 0.6 is 0 Å². The van der Waals surface area contributed by atoms with E-state index in [0.717, 1.165) is 19.3 Å². The maximum atomic E-state index is 11.9. The van der Waals surface area contributed by atoms with Gasteiger partial charge in [-0.05, 0) is 30.1 Å². The average molecular weight is 271 g/mol. The molecule has 0 aromatic rings. The van der Waals surface area contributed by atoms with Crippen LogP contribution in [-0.4, -0.2) is 23.3 Å². The lowest BCUT2D eigenvalue weighted by Gasteiger charge is -2.50. The first-order chi connectivity index (χ1) is 8.64. The Morgan fingerprint density at radius 1 is 1.32 bits per heavy atom. The largest absolute Gasteiger partial charge is 0.462 e. The third-order valence-corrected chi connectivity index (χ3v) is 4.50. The van der Waals surface area contributed by atoms with Crippen molar-refractivity contribution in [3.63, 3.8) is 0 Å². The molecule has 0 spiro atoms. The molecule has 0 aliphatic heterocycles. The van der Waals surface area contributed by atoms with Crippen molar-refractivity contribution in [2.75, 3.05) is 0 Å². The van der Waals surface area contributed by atoms with Gasteiger partial charge in [0.15, 0.2) is 0 Å². The first kappa shape index (κ1) is 16.4. The lowest BCUT2D eigenvalue weighted by molar-refractivity contribution is -0.164. The molecule has 1 unspecified atom stereocenters. The minimum Gasteiger partial charge on any atom is -0.462 e. The molecule has 2 N–H and O–H groups in total. The Morgan fingerprint density at radius 3 is 2.16 bits per heavy atom. The van der Waals surface area contributed by atoms with Gasteiger partial charge in [-0.1, -0.05) is 41.5 Å². The molecule has 0 radical (unpaired) electrons. The smallest absolute Gasteiger partial charge is 0.308 e. The van der Waals surface area contributed by atoms with Crippen LogP contribution < -0.4 is 5.48 Å². The molecule has 4 nitrogen and oxygen atoms in total. The lowest BCUT2D eigenvalue weighted by atomic mass is 9.60. The monoisotopic (exact) mass is 271 g/mol. The van der Waals surface area contributed by atoms with E-state index in [1.165, 1.54) is 0 Å². The number of nitrogens with one attached hydrogen (secondary N) is 1. The number of carbonyl (C=O) groups is 1. The number of hydrogen-bond donors (Lipinski definition) is 2. The molecule has 0 saturated heterocycles. The van der Waals surface area contributed by atoms with Crippen LogP contribution in [0.15, 0.2) is 0 Å². The van der Waals surface area contributed by atoms with Crippen LogP contribution in [0, 0.1) is 16.7 Å². The summed E-state index contributed by atoms with van der Waals surface area (Å²) in [5, 5.41) is 9.40. The topological polar surface area (TPSA) is 58.6 Å². The highest BCUT2D eigenvalue weighted by Gasteiger charge is 2.48. The van der Waals surface area contributed by atoms with E-state index in [2.05, 4.69) is 33.2 Å². The van der Waals surface area contributed by atoms with Crippen LogP contribution in [0.25, 0.3) is 0 Å². The molecule has 1 aliphatic rings. The van der Waals surface area contributed by atoms with Crippen LogP contribution in [0.2, 0.25) is 0 Å². The standard InChI is InChI=1S/C15H29NO3/c1-7-10(2)12(17)19-11-8-14(3,4)13(16-18)15(5,6)9-11/h10-11,13,16,18H,7-9H2,1-6H3. The van der Waals surface area contributed by atoms with Gasteiger partial charge in [0.1, 0.15) is 6.10 Å². The van der Waals surface area contributed by atoms with E-state index < -0.39 is 0 Å². The minimum absolute atomic E-state index is 0.00134. The Hall–Kier alpha value is -0.610. The Kier molecular flexibility index (Phi) is 5.02. The summed E-state index contributed by atoms with van der Waals surface area (Å²) in [6.07, 6.45) is 2.29. The number of esters is 1. The Morgan fingerprint density at radius 2 is 1.79 bits per heavy atom. The molecule has 1 fully saturated rings. The lowest BCUT2D eigenvalue weighted by Crippen LogP contribution is -2.56. The van der Waals surface area contributed by atoms with Crippen molar-refractivity contribution in [1.82, 2.24) is 5.48 Å². The van der Waals surface area contributed by atoms with E-state index in [1.54, 1.807) is 0 Å². The van der Waals surface area contributed by atoms with Gasteiger partial charge in [-0.25, -0.2) is 5.48 Å². The minimum atomic E-state index is -0.114. The Balaban J connectivity index is 2.77. The second-order valence-corrected chi connectivity index (χ2v) is 7.32. The molecule has 0 amide bonds. The summed E-state index contributed by atoms with van der Waals surface area (Å²) in [6, 6.07) is -0.00134. The highest BCUT2D eigenvalue weighted by Crippen LogP contribution is 2.46. The van der Waals surface area contributed by atoms with Crippen LogP contribution in [0.1, 0.15) is 60.8 Å². The number of carbonyl (C=O) groups excluding carboxylic acids is 1. The molecule has 1 saturated carbocycles. The summed E-state index contributed by atoms with van der Waals surface area (Å²) in [6.45, 7) is 12.3. The number of rotatable bonds is 4. The second-order valence-electron chi connectivity index (χ2n) is 7.32. The number of ether oxygens (including phenoxy) is 1. The molecule has 0 aromatic heterocycles. The van der Waals surface area contributed by atoms with Crippen molar-refractivity contribution in [1.29, 1.82) is 0 Å². The zero-order valence-corrected chi connectivity index (χ0v) is 13.1. The fourth-order valence-electron chi connectivity index (χ4n) is 3.42. The van der Waals surface area contributed by atoms with Crippen LogP contribution in [0.3, 0.4) is 0 Å². The third kappa shape index (κ3) is 3.69. The summed E-state index contributed by atoms with van der Waals surface area (Å²) >= 11 is 0. The molecule has 0 bridgehead atoms. The molecule has 4 heteroatoms. The normalized spacial score (nSPS) is 30.7. The number of hydrogen-bond acceptors (Lipinski definition) is 4. The maximum absolute atomic E-state index is 11.9. The van der Waals surface area contributed by atoms with Crippen molar-refractivity contribution < 1.29 is 14.7 Å². The van der Waals surface area contributed by atoms with E-state index in [1.807, 2.05) is 13.8 Å². The summed E-state index contributed by atoms with van der Waals surface area (Å²) in [7, 11) is 0. The van der Waals surface area contributed by atoms with Gasteiger partial charge < -0.3 is 9.94 Å². The fourth-order valence-corrected chi connectivity index (χ4v) is 3.42. The molecule has 112 valence electrons. The zero-order chi connectivity index (χ0) is 14.8. The van der Waals surface area contributed by atoms with Crippen molar-refractivity contribution in [2.45, 2.75) is 73.0 Å². The predicted octanol–water partition coefficient (Wildman–Crippen LogP) is 3.14. The quantitative estimate of drug-likeness (QED) is 0.609. The van der Waals surface area contributed by atoms with Crippen molar-refractivity contribution >= 4 is 5.97 Å². The van der Waals surface area contributed by atoms with Crippen molar-refractivity contribution in [2.24, 2.45) is 16.7 Å². The predicted molar refractivity (Wildman–Crippen MR) is 74.8 cm³/mol. The average Bonchev–Trinajstić information content (AvgIpc) is 2.24. The molecule has 1 atom stereocenters. The zero-order valence-electron chi connectivity index (χ0n) is 13.1. The van der Waals surface area contributed by atoms with Crippen LogP contribution in [-0.2, 0) is 9.53 Å². The maximum Gasteiger partial charge on any atom is 0.308 e. The summed E-state index contributed by atoms with van der Waals surface area (Å²) in [5.41, 5.74) is 2.22. The Bertz CT molecular complexity index is 307. The van der Waals surface area contributed by atoms with Gasteiger partial charge >= 0.3 is 5.97 Å². The van der Waals surface area contributed by atoms with Crippen molar-refractivity contribution in [3.05, 3.63) is 0 Å². The highest BCUT2D eigenvalue weighted by molar-refractivity contribution is 5.72. The molecular weight excluding hydrogens is 242 g/mol. The second kappa shape index (κ2) is 5.80. The van der Waals surface area contributed by atoms with E-state index >= 15 is 0 Å². The van der Waals surface area contributed by atoms with E-state index in [0.29, 0.717) is 0 Å². The van der Waals surface area contributed by atoms with Crippen LogP contribution in [0.4, 0.5) is 0 Å². The van der Waals surface area contributed by atoms with E-state index in [9.17, 15) is 10.0 Å². The molecule has 1 aliphatic carbocycles. The fraction of sp³-hybridized carbons (Fsp3) is 0.933. The summed E-state index contributed by atoms with van der Waals surface area (Å²) < 4.78 is 5.66. The molecule has 0 aromatic carbocycles. The molecule has 0 heterocycles. The van der Waals surface area contributed by atoms with Gasteiger partial charge in [0, 0.05) is 6.04 Å². The van der Waals surface area contributed by atoms with Crippen molar-refractivity contribution in [3.8, 4) is 0 Å². The van der Waals surface area contributed by atoms with Gasteiger partial charge in [-0.15, -0.1) is 0 Å². The molecular formula is C15H29NO3.